The maximum atomic E-state index is 14.8. The number of rotatable bonds is 14. The Morgan fingerprint density at radius 3 is 2.35 bits per heavy atom. The van der Waals surface area contributed by atoms with Crippen molar-refractivity contribution in [2.75, 3.05) is 13.7 Å². The second kappa shape index (κ2) is 14.4. The van der Waals surface area contributed by atoms with Crippen molar-refractivity contribution < 1.29 is 37.1 Å². The third-order valence-corrected chi connectivity index (χ3v) is 14.5. The molecular weight excluding hydrogens is 747 g/mol. The molecule has 1 aliphatic heterocycles. The first-order valence-electron chi connectivity index (χ1n) is 19.9. The number of hydrogen-bond acceptors (Lipinski definition) is 9. The van der Waals surface area contributed by atoms with Crippen molar-refractivity contribution in [1.82, 2.24) is 25.2 Å². The van der Waals surface area contributed by atoms with Crippen molar-refractivity contribution in [3.05, 3.63) is 67.3 Å². The summed E-state index contributed by atoms with van der Waals surface area (Å²) in [6.45, 7) is 9.44. The highest BCUT2D eigenvalue weighted by atomic mass is 32.2. The topological polar surface area (TPSA) is 173 Å². The number of nitrogens with one attached hydrogen (secondary N) is 3. The Bertz CT molecular complexity index is 2220. The number of carbonyl (C=O) groups is 4. The van der Waals surface area contributed by atoms with E-state index in [2.05, 4.69) is 21.9 Å². The van der Waals surface area contributed by atoms with Crippen LogP contribution in [0.1, 0.15) is 65.7 Å². The largest absolute Gasteiger partial charge is 0.497 e. The maximum absolute atomic E-state index is 14.8. The quantitative estimate of drug-likeness (QED) is 0.199. The van der Waals surface area contributed by atoms with Gasteiger partial charge in [0.1, 0.15) is 35.2 Å². The van der Waals surface area contributed by atoms with Gasteiger partial charge in [0, 0.05) is 41.8 Å². The highest BCUT2D eigenvalue weighted by molar-refractivity contribution is 7.91. The van der Waals surface area contributed by atoms with E-state index in [-0.39, 0.29) is 25.3 Å². The molecule has 5 atom stereocenters. The lowest BCUT2D eigenvalue weighted by Gasteiger charge is -2.58. The molecule has 1 saturated heterocycles. The Morgan fingerprint density at radius 2 is 1.75 bits per heavy atom. The van der Waals surface area contributed by atoms with Crippen molar-refractivity contribution in [3.8, 4) is 22.8 Å². The fourth-order valence-electron chi connectivity index (χ4n) is 8.71. The van der Waals surface area contributed by atoms with E-state index < -0.39 is 68.1 Å². The lowest BCUT2D eigenvalue weighted by atomic mass is 9.47. The Hall–Kier alpha value is -4.98. The van der Waals surface area contributed by atoms with Crippen LogP contribution >= 0.6 is 0 Å². The number of benzene rings is 2. The molecule has 5 saturated carbocycles. The summed E-state index contributed by atoms with van der Waals surface area (Å²) in [7, 11) is -2.32. The van der Waals surface area contributed by atoms with Gasteiger partial charge in [-0.05, 0) is 67.4 Å². The van der Waals surface area contributed by atoms with E-state index in [1.54, 1.807) is 7.11 Å². The van der Waals surface area contributed by atoms with Gasteiger partial charge in [-0.3, -0.25) is 23.9 Å². The number of pyridine rings is 1. The van der Waals surface area contributed by atoms with Crippen LogP contribution in [0.15, 0.2) is 67.3 Å². The van der Waals surface area contributed by atoms with E-state index in [0.717, 1.165) is 18.4 Å². The summed E-state index contributed by atoms with van der Waals surface area (Å²) in [5, 5.41) is 5.95. The Labute approximate surface area is 333 Å². The molecule has 14 heteroatoms. The normalized spacial score (nSPS) is 28.0. The van der Waals surface area contributed by atoms with Crippen LogP contribution in [-0.2, 0) is 29.2 Å². The molecule has 3 N–H and O–H groups in total. The van der Waals surface area contributed by atoms with E-state index in [1.165, 1.54) is 11.0 Å². The summed E-state index contributed by atoms with van der Waals surface area (Å²) in [4.78, 5) is 62.7. The van der Waals surface area contributed by atoms with E-state index in [1.807, 2.05) is 75.4 Å². The number of methoxy groups -OCH3 is 1. The minimum Gasteiger partial charge on any atom is -0.497 e. The number of aromatic nitrogens is 1. The van der Waals surface area contributed by atoms with Crippen LogP contribution in [0, 0.1) is 29.1 Å². The van der Waals surface area contributed by atoms with Crippen molar-refractivity contribution in [2.45, 2.75) is 94.7 Å². The molecule has 302 valence electrons. The molecule has 9 rings (SSSR count). The second-order valence-corrected chi connectivity index (χ2v) is 19.6. The highest BCUT2D eigenvalue weighted by Crippen LogP contribution is 2.60. The number of nitrogens with zero attached hydrogens (tertiary/aromatic N) is 2. The molecule has 1 aromatic heterocycles. The summed E-state index contributed by atoms with van der Waals surface area (Å²) in [6, 6.07) is 14.9. The van der Waals surface area contributed by atoms with Crippen LogP contribution in [0.3, 0.4) is 0 Å². The molecule has 3 aromatic rings. The molecule has 2 aromatic carbocycles. The van der Waals surface area contributed by atoms with Gasteiger partial charge in [-0.2, -0.15) is 0 Å². The lowest BCUT2D eigenvalue weighted by molar-refractivity contribution is -0.146. The van der Waals surface area contributed by atoms with Crippen molar-refractivity contribution in [2.24, 2.45) is 29.1 Å². The summed E-state index contributed by atoms with van der Waals surface area (Å²) in [6.07, 6.45) is 4.68. The van der Waals surface area contributed by atoms with Gasteiger partial charge < -0.3 is 25.0 Å². The minimum absolute atomic E-state index is 0.00687. The second-order valence-electron chi connectivity index (χ2n) is 17.6. The first-order chi connectivity index (χ1) is 27.1. The van der Waals surface area contributed by atoms with Crippen molar-refractivity contribution in [3.63, 3.8) is 0 Å². The molecule has 0 unspecified atom stereocenters. The predicted octanol–water partition coefficient (Wildman–Crippen LogP) is 4.51. The molecule has 13 nitrogen and oxygen atoms in total. The highest BCUT2D eigenvalue weighted by Gasteiger charge is 2.62. The fraction of sp³-hybridized carbons (Fsp3) is 0.512. The average Bonchev–Trinajstić information content (AvgIpc) is 4.08. The van der Waals surface area contributed by atoms with Gasteiger partial charge in [-0.25, -0.2) is 13.4 Å². The third-order valence-electron chi connectivity index (χ3n) is 12.7. The molecule has 2 bridgehead atoms. The molecule has 2 heterocycles. The lowest BCUT2D eigenvalue weighted by Crippen LogP contribution is -2.60. The van der Waals surface area contributed by atoms with Gasteiger partial charge >= 0.3 is 0 Å². The number of likely N-dealkylation sites (tertiary alicyclic amines) is 1. The molecule has 0 spiro atoms. The first-order valence-corrected chi connectivity index (χ1v) is 21.5. The number of sulfonamides is 1. The Morgan fingerprint density at radius 1 is 1.04 bits per heavy atom. The van der Waals surface area contributed by atoms with Gasteiger partial charge in [0.2, 0.25) is 27.7 Å². The van der Waals surface area contributed by atoms with Crippen LogP contribution in [0.4, 0.5) is 0 Å². The maximum Gasteiger partial charge on any atom is 0.259 e. The molecule has 57 heavy (non-hydrogen) atoms. The predicted molar refractivity (Wildman–Crippen MR) is 213 cm³/mol. The summed E-state index contributed by atoms with van der Waals surface area (Å²) in [5.41, 5.74) is -0.110. The van der Waals surface area contributed by atoms with Crippen molar-refractivity contribution in [1.29, 1.82) is 0 Å². The Kier molecular flexibility index (Phi) is 9.85. The molecule has 4 amide bonds. The number of hydrogen-bond donors (Lipinski definition) is 3. The minimum atomic E-state index is -3.90. The van der Waals surface area contributed by atoms with Crippen LogP contribution in [-0.4, -0.2) is 84.6 Å². The standard InChI is InChI=1S/C43H51N5O8S/c1-6-27-22-43(27,41(52)47-57(53,54)30-13-14-30)46-39(50)35-19-29(23-48(35)40(51)38(42(2,3)4)45-37(49)20-32-25-16-26(32)17-25)56-36-21-33(24-10-8-7-9-11-24)44-34-18-28(55-5)12-15-31(34)36/h6-12,15,18,21,25-27,29-30,32,35,38H,1,13-14,16-17,19-20,22-23H2,2-5H3,(H,45,49)(H,46,50)(H,47,52)/t25?,26?,27-,29-,32?,35+,38-,43-/m1/s1. The fourth-order valence-corrected chi connectivity index (χ4v) is 10.1. The zero-order chi connectivity index (χ0) is 40.4. The van der Waals surface area contributed by atoms with Crippen LogP contribution in [0.25, 0.3) is 22.2 Å². The summed E-state index contributed by atoms with van der Waals surface area (Å²) >= 11 is 0. The van der Waals surface area contributed by atoms with Crippen LogP contribution in [0.2, 0.25) is 0 Å². The smallest absolute Gasteiger partial charge is 0.259 e. The van der Waals surface area contributed by atoms with Gasteiger partial charge in [0.15, 0.2) is 0 Å². The third kappa shape index (κ3) is 7.48. The van der Waals surface area contributed by atoms with Gasteiger partial charge in [-0.15, -0.1) is 6.58 Å². The zero-order valence-electron chi connectivity index (χ0n) is 32.8. The van der Waals surface area contributed by atoms with E-state index >= 15 is 0 Å². The molecular formula is C43H51N5O8S. The van der Waals surface area contributed by atoms with Crippen LogP contribution in [0.5, 0.6) is 11.5 Å². The molecule has 6 fully saturated rings. The van der Waals surface area contributed by atoms with Crippen molar-refractivity contribution >= 4 is 44.6 Å². The average molecular weight is 798 g/mol. The first kappa shape index (κ1) is 38.9. The summed E-state index contributed by atoms with van der Waals surface area (Å²) < 4.78 is 40.0. The monoisotopic (exact) mass is 797 g/mol. The summed E-state index contributed by atoms with van der Waals surface area (Å²) in [5.74, 6) is 0.0215. The van der Waals surface area contributed by atoms with Gasteiger partial charge in [-0.1, -0.05) is 57.2 Å². The Balaban J connectivity index is 1.10. The number of carbonyl (C=O) groups excluding carboxylic acids is 4. The van der Waals surface area contributed by atoms with E-state index in [0.29, 0.717) is 65.1 Å². The SMILES string of the molecule is C=C[C@@H]1C[C@]1(NC(=O)[C@@H]1C[C@@H](Oc2cc(-c3ccccc3)nc3cc(OC)ccc23)CN1C(=O)[C@@H](NC(=O)CC1C2CC1C2)C(C)(C)C)C(=O)NS(=O)(=O)C1CC1. The number of amides is 4. The van der Waals surface area contributed by atoms with Gasteiger partial charge in [0.25, 0.3) is 5.91 Å². The van der Waals surface area contributed by atoms with E-state index in [9.17, 15) is 27.6 Å². The van der Waals surface area contributed by atoms with E-state index in [4.69, 9.17) is 14.5 Å². The molecule has 0 radical (unpaired) electrons. The molecule has 6 aliphatic rings. The number of ether oxygens (including phenoxy) is 2. The molecule has 5 aliphatic carbocycles. The number of fused-ring (bicyclic) bond motifs is 1. The van der Waals surface area contributed by atoms with Crippen LogP contribution < -0.4 is 24.8 Å². The van der Waals surface area contributed by atoms with Gasteiger partial charge in [0.05, 0.1) is 30.1 Å². The zero-order valence-corrected chi connectivity index (χ0v) is 33.6.